The lowest BCUT2D eigenvalue weighted by Crippen LogP contribution is -2.48. The number of pyridine rings is 2. The minimum atomic E-state index is -0.310. The molecule has 3 rings (SSSR count). The highest BCUT2D eigenvalue weighted by molar-refractivity contribution is 5.90. The van der Waals surface area contributed by atoms with Gasteiger partial charge in [-0.05, 0) is 18.2 Å². The van der Waals surface area contributed by atoms with Crippen LogP contribution in [-0.4, -0.2) is 41.0 Å². The quantitative estimate of drug-likeness (QED) is 0.812. The molecule has 8 nitrogen and oxygen atoms in total. The topological polar surface area (TPSA) is 96.3 Å². The second-order valence-corrected chi connectivity index (χ2v) is 5.39. The third kappa shape index (κ3) is 3.78. The zero-order valence-corrected chi connectivity index (χ0v) is 12.9. The second-order valence-electron chi connectivity index (χ2n) is 5.39. The fourth-order valence-corrected chi connectivity index (χ4v) is 2.43. The molecule has 1 fully saturated rings. The maximum atomic E-state index is 12.0. The van der Waals surface area contributed by atoms with E-state index in [1.54, 1.807) is 30.5 Å². The van der Waals surface area contributed by atoms with E-state index >= 15 is 0 Å². The molecule has 24 heavy (non-hydrogen) atoms. The zero-order chi connectivity index (χ0) is 16.9. The largest absolute Gasteiger partial charge is 0.353 e. The third-order valence-electron chi connectivity index (χ3n) is 3.61. The Morgan fingerprint density at radius 2 is 2.12 bits per heavy atom. The highest BCUT2D eigenvalue weighted by atomic mass is 16.2. The van der Waals surface area contributed by atoms with Crippen LogP contribution in [0.3, 0.4) is 0 Å². The zero-order valence-electron chi connectivity index (χ0n) is 12.9. The number of carbonyl (C=O) groups is 2. The Labute approximate surface area is 138 Å². The Bertz CT molecular complexity index is 800. The van der Waals surface area contributed by atoms with Crippen molar-refractivity contribution in [2.24, 2.45) is 0 Å². The highest BCUT2D eigenvalue weighted by Crippen LogP contribution is 2.14. The standard InChI is InChI=1S/C16H17N5O3/c22-14-10-20(8-6-17-14)13-5-4-12(9-18-13)19-15(23)11-21-7-2-1-3-16(21)24/h1-5,7,9H,6,8,10-11H2,(H,17,22)(H,19,23). The number of amides is 2. The molecule has 0 unspecified atom stereocenters. The summed E-state index contributed by atoms with van der Waals surface area (Å²) in [5.41, 5.74) is 0.304. The van der Waals surface area contributed by atoms with Gasteiger partial charge in [0.15, 0.2) is 0 Å². The first kappa shape index (κ1) is 15.7. The van der Waals surface area contributed by atoms with Gasteiger partial charge in [-0.3, -0.25) is 14.4 Å². The highest BCUT2D eigenvalue weighted by Gasteiger charge is 2.17. The molecule has 0 saturated carbocycles. The van der Waals surface area contributed by atoms with Crippen LogP contribution < -0.4 is 21.1 Å². The molecule has 1 aliphatic heterocycles. The number of nitrogens with one attached hydrogen (secondary N) is 2. The number of nitrogens with zero attached hydrogens (tertiary/aromatic N) is 3. The van der Waals surface area contributed by atoms with Gasteiger partial charge in [0.05, 0.1) is 18.4 Å². The molecule has 3 heterocycles. The van der Waals surface area contributed by atoms with Crippen molar-refractivity contribution < 1.29 is 9.59 Å². The van der Waals surface area contributed by atoms with Crippen molar-refractivity contribution in [3.05, 3.63) is 53.1 Å². The third-order valence-corrected chi connectivity index (χ3v) is 3.61. The molecular weight excluding hydrogens is 310 g/mol. The fraction of sp³-hybridized carbons (Fsp3) is 0.250. The van der Waals surface area contributed by atoms with Gasteiger partial charge < -0.3 is 20.1 Å². The molecule has 0 spiro atoms. The van der Waals surface area contributed by atoms with E-state index in [2.05, 4.69) is 15.6 Å². The summed E-state index contributed by atoms with van der Waals surface area (Å²) in [7, 11) is 0. The van der Waals surface area contributed by atoms with Crippen molar-refractivity contribution in [2.75, 3.05) is 29.9 Å². The van der Waals surface area contributed by atoms with E-state index in [-0.39, 0.29) is 30.5 Å². The molecule has 2 N–H and O–H groups in total. The molecule has 0 aromatic carbocycles. The van der Waals surface area contributed by atoms with Crippen LogP contribution in [0.5, 0.6) is 0 Å². The summed E-state index contributed by atoms with van der Waals surface area (Å²) in [5, 5.41) is 5.45. The van der Waals surface area contributed by atoms with Gasteiger partial charge in [-0.1, -0.05) is 6.07 Å². The summed E-state index contributed by atoms with van der Waals surface area (Å²) >= 11 is 0. The van der Waals surface area contributed by atoms with Crippen molar-refractivity contribution in [3.8, 4) is 0 Å². The number of rotatable bonds is 4. The first-order valence-electron chi connectivity index (χ1n) is 7.55. The summed E-state index contributed by atoms with van der Waals surface area (Å²) in [5.74, 6) is 0.339. The van der Waals surface area contributed by atoms with Crippen LogP contribution in [0.1, 0.15) is 0 Å². The van der Waals surface area contributed by atoms with Crippen LogP contribution >= 0.6 is 0 Å². The van der Waals surface area contributed by atoms with E-state index < -0.39 is 0 Å². The number of anilines is 2. The summed E-state index contributed by atoms with van der Waals surface area (Å²) < 4.78 is 1.32. The van der Waals surface area contributed by atoms with Crippen LogP contribution in [0, 0.1) is 0 Å². The van der Waals surface area contributed by atoms with E-state index in [1.807, 2.05) is 4.90 Å². The monoisotopic (exact) mass is 327 g/mol. The van der Waals surface area contributed by atoms with E-state index in [0.717, 1.165) is 0 Å². The average Bonchev–Trinajstić information content (AvgIpc) is 2.58. The van der Waals surface area contributed by atoms with Crippen molar-refractivity contribution in [1.29, 1.82) is 0 Å². The Balaban J connectivity index is 1.61. The van der Waals surface area contributed by atoms with E-state index in [9.17, 15) is 14.4 Å². The van der Waals surface area contributed by atoms with Gasteiger partial charge in [-0.15, -0.1) is 0 Å². The smallest absolute Gasteiger partial charge is 0.250 e. The maximum absolute atomic E-state index is 12.0. The minimum absolute atomic E-state index is 0.0336. The normalized spacial score (nSPS) is 14.2. The predicted molar refractivity (Wildman–Crippen MR) is 88.8 cm³/mol. The second kappa shape index (κ2) is 6.95. The molecule has 124 valence electrons. The van der Waals surface area contributed by atoms with Gasteiger partial charge in [0.1, 0.15) is 12.4 Å². The molecule has 2 aromatic heterocycles. The molecule has 0 atom stereocenters. The molecule has 1 saturated heterocycles. The molecule has 0 bridgehead atoms. The lowest BCUT2D eigenvalue weighted by molar-refractivity contribution is -0.120. The van der Waals surface area contributed by atoms with Crippen LogP contribution in [0.15, 0.2) is 47.5 Å². The van der Waals surface area contributed by atoms with Crippen LogP contribution in [0.2, 0.25) is 0 Å². The van der Waals surface area contributed by atoms with Crippen LogP contribution in [-0.2, 0) is 16.1 Å². The van der Waals surface area contributed by atoms with Gasteiger partial charge in [0, 0.05) is 25.4 Å². The molecule has 8 heteroatoms. The molecular formula is C16H17N5O3. The van der Waals surface area contributed by atoms with Crippen LogP contribution in [0.25, 0.3) is 0 Å². The van der Waals surface area contributed by atoms with Crippen molar-refractivity contribution in [2.45, 2.75) is 6.54 Å². The van der Waals surface area contributed by atoms with E-state index in [0.29, 0.717) is 24.6 Å². The summed E-state index contributed by atoms with van der Waals surface area (Å²) in [6.45, 7) is 1.50. The van der Waals surface area contributed by atoms with Gasteiger partial charge in [0.2, 0.25) is 11.8 Å². The Morgan fingerprint density at radius 3 is 2.83 bits per heavy atom. The number of hydrogen-bond donors (Lipinski definition) is 2. The number of piperazine rings is 1. The van der Waals surface area contributed by atoms with Crippen molar-refractivity contribution in [1.82, 2.24) is 14.9 Å². The SMILES string of the molecule is O=C1CN(c2ccc(NC(=O)Cn3ccccc3=O)cn2)CCN1. The lowest BCUT2D eigenvalue weighted by atomic mass is 10.3. The van der Waals surface area contributed by atoms with Crippen molar-refractivity contribution in [3.63, 3.8) is 0 Å². The van der Waals surface area contributed by atoms with Crippen molar-refractivity contribution >= 4 is 23.3 Å². The molecule has 2 aromatic rings. The Hall–Kier alpha value is -3.16. The van der Waals surface area contributed by atoms with Gasteiger partial charge in [-0.2, -0.15) is 0 Å². The van der Waals surface area contributed by atoms with Gasteiger partial charge >= 0.3 is 0 Å². The minimum Gasteiger partial charge on any atom is -0.353 e. The van der Waals surface area contributed by atoms with Gasteiger partial charge in [0.25, 0.3) is 5.56 Å². The van der Waals surface area contributed by atoms with Crippen LogP contribution in [0.4, 0.5) is 11.5 Å². The average molecular weight is 327 g/mol. The molecule has 2 amide bonds. The van der Waals surface area contributed by atoms with Gasteiger partial charge in [-0.25, -0.2) is 4.98 Å². The summed E-state index contributed by atoms with van der Waals surface area (Å²) in [6, 6.07) is 8.20. The number of hydrogen-bond acceptors (Lipinski definition) is 5. The predicted octanol–water partition coefficient (Wildman–Crippen LogP) is -0.182. The first-order valence-corrected chi connectivity index (χ1v) is 7.55. The molecule has 0 aliphatic carbocycles. The lowest BCUT2D eigenvalue weighted by Gasteiger charge is -2.27. The van der Waals surface area contributed by atoms with E-state index in [4.69, 9.17) is 0 Å². The number of carbonyl (C=O) groups excluding carboxylic acids is 2. The maximum Gasteiger partial charge on any atom is 0.250 e. The summed E-state index contributed by atoms with van der Waals surface area (Å²) in [4.78, 5) is 41.1. The fourth-order valence-electron chi connectivity index (χ4n) is 2.43. The first-order chi connectivity index (χ1) is 11.6. The molecule has 1 aliphatic rings. The van der Waals surface area contributed by atoms with E-state index in [1.165, 1.54) is 16.8 Å². The number of aromatic nitrogens is 2. The Kier molecular flexibility index (Phi) is 4.55. The Morgan fingerprint density at radius 1 is 1.25 bits per heavy atom. The molecule has 0 radical (unpaired) electrons. The summed E-state index contributed by atoms with van der Waals surface area (Å²) in [6.07, 6.45) is 3.10.